The van der Waals surface area contributed by atoms with Crippen LogP contribution in [-0.4, -0.2) is 43.1 Å². The zero-order valence-electron chi connectivity index (χ0n) is 20.5. The Labute approximate surface area is 215 Å². The molecule has 0 spiro atoms. The summed E-state index contributed by atoms with van der Waals surface area (Å²) in [6, 6.07) is 14.6. The summed E-state index contributed by atoms with van der Waals surface area (Å²) in [5.41, 5.74) is 1.27. The van der Waals surface area contributed by atoms with Crippen LogP contribution in [0.15, 0.2) is 53.9 Å². The SMILES string of the molecule is COc1ccc(CC(=O)NC2CCCCC2NC(=O)c2csc(COc3ccccc3OC)n2)cc1. The maximum Gasteiger partial charge on any atom is 0.271 e. The van der Waals surface area contributed by atoms with Crippen LogP contribution >= 0.6 is 11.3 Å². The van der Waals surface area contributed by atoms with Gasteiger partial charge in [0.05, 0.1) is 20.6 Å². The summed E-state index contributed by atoms with van der Waals surface area (Å²) in [5.74, 6) is 1.72. The van der Waals surface area contributed by atoms with Crippen molar-refractivity contribution in [3.63, 3.8) is 0 Å². The largest absolute Gasteiger partial charge is 0.497 e. The second-order valence-electron chi connectivity index (χ2n) is 8.63. The van der Waals surface area contributed by atoms with E-state index in [-0.39, 0.29) is 36.9 Å². The molecule has 3 aromatic rings. The molecule has 0 aliphatic heterocycles. The second-order valence-corrected chi connectivity index (χ2v) is 9.57. The van der Waals surface area contributed by atoms with Crippen LogP contribution in [0.25, 0.3) is 0 Å². The van der Waals surface area contributed by atoms with Crippen molar-refractivity contribution >= 4 is 23.2 Å². The van der Waals surface area contributed by atoms with Gasteiger partial charge in [-0.15, -0.1) is 11.3 Å². The Bertz CT molecular complexity index is 1160. The molecule has 0 radical (unpaired) electrons. The Kier molecular flexibility index (Phi) is 8.78. The van der Waals surface area contributed by atoms with Gasteiger partial charge in [-0.05, 0) is 42.7 Å². The number of para-hydroxylation sites is 2. The van der Waals surface area contributed by atoms with Crippen LogP contribution in [0.1, 0.15) is 46.7 Å². The standard InChI is InChI=1S/C27H31N3O5S/c1-33-19-13-11-18(12-14-19)15-25(31)28-20-7-3-4-8-21(20)30-27(32)22-17-36-26(29-22)16-35-24-10-6-5-9-23(24)34-2/h5-6,9-14,17,20-21H,3-4,7-8,15-16H2,1-2H3,(H,28,31)(H,30,32). The van der Waals surface area contributed by atoms with Crippen molar-refractivity contribution in [1.29, 1.82) is 0 Å². The van der Waals surface area contributed by atoms with E-state index in [4.69, 9.17) is 14.2 Å². The molecule has 0 bridgehead atoms. The number of nitrogens with zero attached hydrogens (tertiary/aromatic N) is 1. The molecular formula is C27H31N3O5S. The molecule has 0 saturated heterocycles. The Balaban J connectivity index is 1.31. The monoisotopic (exact) mass is 509 g/mol. The minimum Gasteiger partial charge on any atom is -0.497 e. The highest BCUT2D eigenvalue weighted by Crippen LogP contribution is 2.27. The fourth-order valence-electron chi connectivity index (χ4n) is 4.26. The summed E-state index contributed by atoms with van der Waals surface area (Å²) in [6.07, 6.45) is 3.94. The van der Waals surface area contributed by atoms with Gasteiger partial charge in [0.15, 0.2) is 11.5 Å². The Morgan fingerprint density at radius 2 is 1.64 bits per heavy atom. The van der Waals surface area contributed by atoms with Crippen LogP contribution < -0.4 is 24.8 Å². The summed E-state index contributed by atoms with van der Waals surface area (Å²) in [4.78, 5) is 30.1. The van der Waals surface area contributed by atoms with E-state index >= 15 is 0 Å². The normalized spacial score (nSPS) is 17.2. The molecule has 1 aliphatic carbocycles. The molecule has 2 aromatic carbocycles. The fourth-order valence-corrected chi connectivity index (χ4v) is 4.95. The van der Waals surface area contributed by atoms with E-state index in [0.717, 1.165) is 37.0 Å². The third-order valence-electron chi connectivity index (χ3n) is 6.16. The van der Waals surface area contributed by atoms with Crippen molar-refractivity contribution in [3.8, 4) is 17.2 Å². The number of methoxy groups -OCH3 is 2. The first-order chi connectivity index (χ1) is 17.6. The minimum absolute atomic E-state index is 0.0595. The van der Waals surface area contributed by atoms with Gasteiger partial charge in [-0.25, -0.2) is 4.98 Å². The predicted molar refractivity (Wildman–Crippen MR) is 138 cm³/mol. The van der Waals surface area contributed by atoms with Crippen molar-refractivity contribution in [2.45, 2.75) is 50.8 Å². The molecule has 1 aromatic heterocycles. The number of carbonyl (C=O) groups is 2. The molecule has 2 N–H and O–H groups in total. The molecule has 8 nitrogen and oxygen atoms in total. The number of amides is 2. The van der Waals surface area contributed by atoms with E-state index < -0.39 is 0 Å². The van der Waals surface area contributed by atoms with Crippen molar-refractivity contribution in [2.24, 2.45) is 0 Å². The highest BCUT2D eigenvalue weighted by molar-refractivity contribution is 7.09. The number of aromatic nitrogens is 1. The van der Waals surface area contributed by atoms with Crippen molar-refractivity contribution in [1.82, 2.24) is 15.6 Å². The predicted octanol–water partition coefficient (Wildman–Crippen LogP) is 4.14. The smallest absolute Gasteiger partial charge is 0.271 e. The van der Waals surface area contributed by atoms with Gasteiger partial charge < -0.3 is 24.8 Å². The number of carbonyl (C=O) groups excluding carboxylic acids is 2. The molecule has 1 fully saturated rings. The average molecular weight is 510 g/mol. The Morgan fingerprint density at radius 3 is 2.33 bits per heavy atom. The molecule has 2 amide bonds. The van der Waals surface area contributed by atoms with E-state index in [1.165, 1.54) is 11.3 Å². The molecular weight excluding hydrogens is 478 g/mol. The van der Waals surface area contributed by atoms with E-state index in [1.54, 1.807) is 19.6 Å². The van der Waals surface area contributed by atoms with Crippen molar-refractivity contribution < 1.29 is 23.8 Å². The molecule has 1 heterocycles. The van der Waals surface area contributed by atoms with Gasteiger partial charge in [0.1, 0.15) is 23.1 Å². The lowest BCUT2D eigenvalue weighted by Gasteiger charge is -2.32. The minimum atomic E-state index is -0.240. The first kappa shape index (κ1) is 25.5. The van der Waals surface area contributed by atoms with Gasteiger partial charge in [0, 0.05) is 17.5 Å². The average Bonchev–Trinajstić information content (AvgIpc) is 3.38. The van der Waals surface area contributed by atoms with Crippen LogP contribution in [0.2, 0.25) is 0 Å². The summed E-state index contributed by atoms with van der Waals surface area (Å²) in [7, 11) is 3.20. The van der Waals surface area contributed by atoms with E-state index in [0.29, 0.717) is 22.2 Å². The van der Waals surface area contributed by atoms with Crippen molar-refractivity contribution in [3.05, 3.63) is 70.2 Å². The summed E-state index contributed by atoms with van der Waals surface area (Å²) >= 11 is 1.37. The molecule has 4 rings (SSSR count). The number of hydrogen-bond donors (Lipinski definition) is 2. The summed E-state index contributed by atoms with van der Waals surface area (Å²) in [5, 5.41) is 8.64. The first-order valence-electron chi connectivity index (χ1n) is 12.0. The highest BCUT2D eigenvalue weighted by atomic mass is 32.1. The zero-order chi connectivity index (χ0) is 25.3. The molecule has 2 unspecified atom stereocenters. The molecule has 190 valence electrons. The van der Waals surface area contributed by atoms with Crippen LogP contribution in [-0.2, 0) is 17.8 Å². The molecule has 2 atom stereocenters. The van der Waals surface area contributed by atoms with Gasteiger partial charge in [-0.2, -0.15) is 0 Å². The van der Waals surface area contributed by atoms with Gasteiger partial charge in [-0.3, -0.25) is 9.59 Å². The number of ether oxygens (including phenoxy) is 3. The van der Waals surface area contributed by atoms with E-state index in [9.17, 15) is 9.59 Å². The van der Waals surface area contributed by atoms with Crippen LogP contribution in [0, 0.1) is 0 Å². The van der Waals surface area contributed by atoms with Gasteiger partial charge in [0.25, 0.3) is 5.91 Å². The summed E-state index contributed by atoms with van der Waals surface area (Å²) < 4.78 is 16.3. The lowest BCUT2D eigenvalue weighted by Crippen LogP contribution is -2.53. The summed E-state index contributed by atoms with van der Waals surface area (Å²) in [6.45, 7) is 0.242. The zero-order valence-corrected chi connectivity index (χ0v) is 21.3. The quantitative estimate of drug-likeness (QED) is 0.426. The van der Waals surface area contributed by atoms with Crippen LogP contribution in [0.5, 0.6) is 17.2 Å². The number of benzene rings is 2. The third kappa shape index (κ3) is 6.75. The third-order valence-corrected chi connectivity index (χ3v) is 6.98. The van der Waals surface area contributed by atoms with Gasteiger partial charge in [0.2, 0.25) is 5.91 Å². The second kappa shape index (κ2) is 12.4. The van der Waals surface area contributed by atoms with Gasteiger partial charge in [-0.1, -0.05) is 37.1 Å². The fraction of sp³-hybridized carbons (Fsp3) is 0.370. The van der Waals surface area contributed by atoms with E-state index in [1.807, 2.05) is 48.5 Å². The maximum absolute atomic E-state index is 12.9. The van der Waals surface area contributed by atoms with Crippen LogP contribution in [0.3, 0.4) is 0 Å². The number of rotatable bonds is 10. The highest BCUT2D eigenvalue weighted by Gasteiger charge is 2.28. The molecule has 9 heteroatoms. The maximum atomic E-state index is 12.9. The molecule has 36 heavy (non-hydrogen) atoms. The lowest BCUT2D eigenvalue weighted by molar-refractivity contribution is -0.121. The first-order valence-corrected chi connectivity index (χ1v) is 12.9. The van der Waals surface area contributed by atoms with Crippen LogP contribution in [0.4, 0.5) is 0 Å². The topological polar surface area (TPSA) is 98.8 Å². The number of hydrogen-bond acceptors (Lipinski definition) is 7. The Morgan fingerprint density at radius 1 is 0.944 bits per heavy atom. The van der Waals surface area contributed by atoms with Crippen molar-refractivity contribution in [2.75, 3.05) is 14.2 Å². The lowest BCUT2D eigenvalue weighted by atomic mass is 9.90. The molecule has 1 saturated carbocycles. The number of nitrogens with one attached hydrogen (secondary N) is 2. The molecule has 1 aliphatic rings. The van der Waals surface area contributed by atoms with E-state index in [2.05, 4.69) is 15.6 Å². The Hall–Kier alpha value is -3.59. The number of thiazole rings is 1. The van der Waals surface area contributed by atoms with Gasteiger partial charge >= 0.3 is 0 Å².